The van der Waals surface area contributed by atoms with Crippen molar-refractivity contribution in [2.75, 3.05) is 24.3 Å². The summed E-state index contributed by atoms with van der Waals surface area (Å²) in [6, 6.07) is -3.91. The van der Waals surface area contributed by atoms with Crippen LogP contribution in [0.1, 0.15) is 39.0 Å². The molecule has 34 heavy (non-hydrogen) atoms. The Morgan fingerprint density at radius 1 is 1.09 bits per heavy atom. The maximum Gasteiger partial charge on any atom is 0.303 e. The van der Waals surface area contributed by atoms with Crippen LogP contribution in [-0.2, 0) is 28.8 Å². The highest BCUT2D eigenvalue weighted by Gasteiger charge is 2.39. The second kappa shape index (κ2) is 14.7. The zero-order valence-electron chi connectivity index (χ0n) is 19.2. The van der Waals surface area contributed by atoms with Gasteiger partial charge in [0.15, 0.2) is 0 Å². The zero-order valence-corrected chi connectivity index (χ0v) is 21.0. The van der Waals surface area contributed by atoms with Crippen LogP contribution in [0.3, 0.4) is 0 Å². The molecule has 0 radical (unpaired) electrons. The second-order valence-corrected chi connectivity index (χ2v) is 9.21. The average Bonchev–Trinajstić information content (AvgIpc) is 3.26. The summed E-state index contributed by atoms with van der Waals surface area (Å²) in [5.74, 6) is -3.52. The molecular weight excluding hydrogens is 486 g/mol. The number of amides is 5. The Labute approximate surface area is 207 Å². The monoisotopic (exact) mass is 519 g/mol. The van der Waals surface area contributed by atoms with Crippen LogP contribution in [0.2, 0.25) is 0 Å². The van der Waals surface area contributed by atoms with Crippen molar-refractivity contribution in [1.29, 1.82) is 0 Å². The largest absolute Gasteiger partial charge is 0.481 e. The van der Waals surface area contributed by atoms with Crippen LogP contribution in [0.5, 0.6) is 0 Å². The maximum atomic E-state index is 13.3. The number of thioether (sulfide) groups is 1. The van der Waals surface area contributed by atoms with Crippen LogP contribution >= 0.6 is 24.4 Å². The minimum absolute atomic E-state index is 0.00895. The molecule has 0 aromatic rings. The van der Waals surface area contributed by atoms with Gasteiger partial charge in [0.2, 0.25) is 29.5 Å². The molecule has 0 saturated carbocycles. The summed E-state index contributed by atoms with van der Waals surface area (Å²) in [5.41, 5.74) is 5.25. The second-order valence-electron chi connectivity index (χ2n) is 7.86. The van der Waals surface area contributed by atoms with Gasteiger partial charge >= 0.3 is 5.97 Å². The van der Waals surface area contributed by atoms with Gasteiger partial charge in [-0.1, -0.05) is 0 Å². The molecule has 6 N–H and O–H groups in total. The molecule has 14 heteroatoms. The molecule has 0 aromatic heterocycles. The average molecular weight is 520 g/mol. The normalized spacial score (nSPS) is 17.9. The Kier molecular flexibility index (Phi) is 12.8. The van der Waals surface area contributed by atoms with E-state index in [4.69, 9.17) is 10.8 Å². The van der Waals surface area contributed by atoms with Crippen LogP contribution in [0.25, 0.3) is 0 Å². The molecule has 0 spiro atoms. The van der Waals surface area contributed by atoms with E-state index >= 15 is 0 Å². The number of carboxylic acids is 1. The summed E-state index contributed by atoms with van der Waals surface area (Å²) in [6.45, 7) is 1.49. The van der Waals surface area contributed by atoms with E-state index in [-0.39, 0.29) is 25.0 Å². The fourth-order valence-corrected chi connectivity index (χ4v) is 4.27. The number of carbonyl (C=O) groups excluding carboxylic acids is 5. The minimum atomic E-state index is -1.13. The Bertz CT molecular complexity index is 782. The third-order valence-electron chi connectivity index (χ3n) is 5.25. The number of hydrogen-bond donors (Lipinski definition) is 6. The molecule has 12 nitrogen and oxygen atoms in total. The van der Waals surface area contributed by atoms with Gasteiger partial charge in [0.25, 0.3) is 0 Å². The van der Waals surface area contributed by atoms with Gasteiger partial charge < -0.3 is 31.7 Å². The Morgan fingerprint density at radius 3 is 2.29 bits per heavy atom. The predicted molar refractivity (Wildman–Crippen MR) is 129 cm³/mol. The molecular formula is C20H33N5O7S2. The van der Waals surface area contributed by atoms with Crippen molar-refractivity contribution in [3.63, 3.8) is 0 Å². The molecule has 5 amide bonds. The van der Waals surface area contributed by atoms with E-state index in [0.717, 1.165) is 0 Å². The number of primary amides is 1. The Hall–Kier alpha value is -2.48. The first-order valence-corrected chi connectivity index (χ1v) is 12.8. The summed E-state index contributed by atoms with van der Waals surface area (Å²) in [7, 11) is 0. The summed E-state index contributed by atoms with van der Waals surface area (Å²) in [5, 5.41) is 16.5. The van der Waals surface area contributed by atoms with E-state index in [2.05, 4.69) is 28.6 Å². The third-order valence-corrected chi connectivity index (χ3v) is 6.26. The van der Waals surface area contributed by atoms with Crippen molar-refractivity contribution >= 4 is 59.9 Å². The zero-order chi connectivity index (χ0) is 25.8. The number of aliphatic carboxylic acids is 1. The quantitative estimate of drug-likeness (QED) is 0.149. The number of nitrogens with one attached hydrogen (secondary N) is 3. The topological polar surface area (TPSA) is 188 Å². The molecule has 1 aliphatic heterocycles. The van der Waals surface area contributed by atoms with E-state index in [0.29, 0.717) is 25.1 Å². The highest BCUT2D eigenvalue weighted by molar-refractivity contribution is 7.98. The number of nitrogens with two attached hydrogens (primary N) is 1. The maximum absolute atomic E-state index is 13.3. The lowest BCUT2D eigenvalue weighted by Crippen LogP contribution is -2.58. The summed E-state index contributed by atoms with van der Waals surface area (Å²) in [6.07, 6.45) is 2.56. The van der Waals surface area contributed by atoms with Crippen LogP contribution in [0.4, 0.5) is 0 Å². The van der Waals surface area contributed by atoms with Crippen LogP contribution in [0.15, 0.2) is 0 Å². The van der Waals surface area contributed by atoms with Crippen molar-refractivity contribution in [3.8, 4) is 0 Å². The smallest absolute Gasteiger partial charge is 0.303 e. The standard InChI is InChI=1S/C20H33N5O7S2/c1-11(26)22-12(5-6-16(27)28)18(30)23-13(7-9-34-2)20(32)25-8-3-4-15(25)19(31)24-14(10-33)17(21)29/h12-15,33H,3-10H2,1-2H3,(H2,21,29)(H,22,26)(H,23,30)(H,24,31)(H,27,28). The number of rotatable bonds is 14. The van der Waals surface area contributed by atoms with Crippen LogP contribution in [0, 0.1) is 0 Å². The molecule has 0 bridgehead atoms. The lowest BCUT2D eigenvalue weighted by atomic mass is 10.1. The highest BCUT2D eigenvalue weighted by atomic mass is 32.2. The number of nitrogens with zero attached hydrogens (tertiary/aromatic N) is 1. The van der Waals surface area contributed by atoms with Gasteiger partial charge in [0, 0.05) is 25.6 Å². The van der Waals surface area contributed by atoms with Gasteiger partial charge in [-0.2, -0.15) is 24.4 Å². The Balaban J connectivity index is 3.00. The first-order chi connectivity index (χ1) is 16.0. The lowest BCUT2D eigenvalue weighted by Gasteiger charge is -2.30. The summed E-state index contributed by atoms with van der Waals surface area (Å²) < 4.78 is 0. The minimum Gasteiger partial charge on any atom is -0.481 e. The van der Waals surface area contributed by atoms with E-state index in [9.17, 15) is 28.8 Å². The molecule has 0 aliphatic carbocycles. The number of carbonyl (C=O) groups is 6. The molecule has 192 valence electrons. The lowest BCUT2D eigenvalue weighted by molar-refractivity contribution is -0.142. The van der Waals surface area contributed by atoms with E-state index < -0.39 is 59.7 Å². The van der Waals surface area contributed by atoms with Crippen molar-refractivity contribution in [2.45, 2.75) is 63.2 Å². The SMILES string of the molecule is CSCCC(NC(=O)C(CCC(=O)O)NC(C)=O)C(=O)N1CCCC1C(=O)NC(CS)C(N)=O. The van der Waals surface area contributed by atoms with Crippen LogP contribution < -0.4 is 21.7 Å². The van der Waals surface area contributed by atoms with Gasteiger partial charge in [0.05, 0.1) is 0 Å². The first kappa shape index (κ1) is 29.6. The number of likely N-dealkylation sites (tertiary alicyclic amines) is 1. The molecule has 1 saturated heterocycles. The first-order valence-electron chi connectivity index (χ1n) is 10.8. The fourth-order valence-electron chi connectivity index (χ4n) is 3.53. The van der Waals surface area contributed by atoms with Gasteiger partial charge in [-0.15, -0.1) is 0 Å². The van der Waals surface area contributed by atoms with E-state index in [1.54, 1.807) is 0 Å². The van der Waals surface area contributed by atoms with Crippen LogP contribution in [-0.4, -0.2) is 94.0 Å². The van der Waals surface area contributed by atoms with Crippen molar-refractivity contribution < 1.29 is 33.9 Å². The Morgan fingerprint density at radius 2 is 1.76 bits per heavy atom. The van der Waals surface area contributed by atoms with Gasteiger partial charge in [-0.25, -0.2) is 0 Å². The van der Waals surface area contributed by atoms with Crippen molar-refractivity contribution in [1.82, 2.24) is 20.9 Å². The van der Waals surface area contributed by atoms with Gasteiger partial charge in [0.1, 0.15) is 24.2 Å². The molecule has 4 atom stereocenters. The molecule has 1 aliphatic rings. The molecule has 4 unspecified atom stereocenters. The highest BCUT2D eigenvalue weighted by Crippen LogP contribution is 2.20. The molecule has 1 heterocycles. The summed E-state index contributed by atoms with van der Waals surface area (Å²) >= 11 is 5.47. The van der Waals surface area contributed by atoms with Crippen molar-refractivity contribution in [3.05, 3.63) is 0 Å². The number of hydrogen-bond acceptors (Lipinski definition) is 8. The van der Waals surface area contributed by atoms with Crippen molar-refractivity contribution in [2.24, 2.45) is 5.73 Å². The van der Waals surface area contributed by atoms with E-state index in [1.807, 2.05) is 6.26 Å². The predicted octanol–water partition coefficient (Wildman–Crippen LogP) is -1.52. The molecule has 0 aromatic carbocycles. The molecule has 1 fully saturated rings. The van der Waals surface area contributed by atoms with Gasteiger partial charge in [-0.3, -0.25) is 28.8 Å². The number of carboxylic acid groups (broad SMARTS) is 1. The third kappa shape index (κ3) is 9.41. The fraction of sp³-hybridized carbons (Fsp3) is 0.700. The van der Waals surface area contributed by atoms with Gasteiger partial charge in [-0.05, 0) is 37.7 Å². The number of thiol groups is 1. The molecule has 1 rings (SSSR count). The summed E-state index contributed by atoms with van der Waals surface area (Å²) in [4.78, 5) is 74.1. The van der Waals surface area contributed by atoms with E-state index in [1.165, 1.54) is 23.6 Å².